The molecule has 0 amide bonds. The molecule has 0 spiro atoms. The number of thiazole rings is 1. The first-order chi connectivity index (χ1) is 7.13. The lowest BCUT2D eigenvalue weighted by Gasteiger charge is -2.11. The van der Waals surface area contributed by atoms with Crippen LogP contribution in [0, 0.1) is 0 Å². The molecule has 0 aliphatic rings. The number of carboxylic acid groups (broad SMARTS) is 1. The molecule has 1 unspecified atom stereocenters. The van der Waals surface area contributed by atoms with E-state index in [2.05, 4.69) is 23.5 Å². The lowest BCUT2D eigenvalue weighted by Crippen LogP contribution is -2.15. The third kappa shape index (κ3) is 4.09. The van der Waals surface area contributed by atoms with E-state index in [-0.39, 0.29) is 4.88 Å². The summed E-state index contributed by atoms with van der Waals surface area (Å²) in [5, 5.41) is 12.6. The van der Waals surface area contributed by atoms with Crippen LogP contribution in [0.4, 0.5) is 5.13 Å². The molecule has 0 saturated heterocycles. The maximum absolute atomic E-state index is 10.6. The van der Waals surface area contributed by atoms with E-state index in [0.29, 0.717) is 11.2 Å². The van der Waals surface area contributed by atoms with Gasteiger partial charge in [-0.1, -0.05) is 11.3 Å². The van der Waals surface area contributed by atoms with Gasteiger partial charge in [0.1, 0.15) is 4.88 Å². The van der Waals surface area contributed by atoms with Gasteiger partial charge in [0.05, 0.1) is 6.20 Å². The number of nitrogens with one attached hydrogen (secondary N) is 1. The number of hydrogen-bond acceptors (Lipinski definition) is 5. The molecule has 0 bridgehead atoms. The molecule has 1 rings (SSSR count). The molecule has 1 aromatic heterocycles. The summed E-state index contributed by atoms with van der Waals surface area (Å²) in [6.07, 6.45) is 4.50. The average molecular weight is 246 g/mol. The van der Waals surface area contributed by atoms with Crippen molar-refractivity contribution in [2.75, 3.05) is 17.3 Å². The molecule has 1 aromatic rings. The fourth-order valence-corrected chi connectivity index (χ4v) is 2.37. The molecule has 1 atom stereocenters. The van der Waals surface area contributed by atoms with E-state index in [1.807, 2.05) is 0 Å². The Hall–Kier alpha value is -0.750. The van der Waals surface area contributed by atoms with Crippen LogP contribution in [0.2, 0.25) is 0 Å². The van der Waals surface area contributed by atoms with E-state index in [0.717, 1.165) is 12.2 Å². The number of rotatable bonds is 6. The highest BCUT2D eigenvalue weighted by atomic mass is 32.2. The van der Waals surface area contributed by atoms with Gasteiger partial charge in [-0.2, -0.15) is 11.8 Å². The van der Waals surface area contributed by atoms with E-state index in [1.165, 1.54) is 17.5 Å². The molecule has 0 aliphatic carbocycles. The van der Waals surface area contributed by atoms with Gasteiger partial charge in [-0.15, -0.1) is 0 Å². The lowest BCUT2D eigenvalue weighted by atomic mass is 10.3. The highest BCUT2D eigenvalue weighted by Gasteiger charge is 2.09. The Balaban J connectivity index is 2.46. The second-order valence-electron chi connectivity index (χ2n) is 3.16. The minimum atomic E-state index is -0.919. The van der Waals surface area contributed by atoms with Gasteiger partial charge in [0, 0.05) is 6.04 Å². The number of aromatic nitrogens is 1. The first-order valence-corrected chi connectivity index (χ1v) is 6.79. The number of nitrogens with zero attached hydrogens (tertiary/aromatic N) is 1. The summed E-state index contributed by atoms with van der Waals surface area (Å²) in [6.45, 7) is 2.07. The van der Waals surface area contributed by atoms with E-state index < -0.39 is 5.97 Å². The van der Waals surface area contributed by atoms with Crippen molar-refractivity contribution >= 4 is 34.2 Å². The quantitative estimate of drug-likeness (QED) is 0.807. The second-order valence-corrected chi connectivity index (χ2v) is 5.18. The molecule has 4 nitrogen and oxygen atoms in total. The van der Waals surface area contributed by atoms with Crippen LogP contribution in [0.25, 0.3) is 0 Å². The maximum Gasteiger partial charge on any atom is 0.347 e. The molecule has 6 heteroatoms. The molecular weight excluding hydrogens is 232 g/mol. The predicted octanol–water partition coefficient (Wildman–Crippen LogP) is 2.39. The highest BCUT2D eigenvalue weighted by Crippen LogP contribution is 2.19. The Morgan fingerprint density at radius 3 is 3.07 bits per heavy atom. The van der Waals surface area contributed by atoms with Gasteiger partial charge in [0.15, 0.2) is 5.13 Å². The van der Waals surface area contributed by atoms with Crippen molar-refractivity contribution in [2.45, 2.75) is 19.4 Å². The molecule has 0 saturated carbocycles. The van der Waals surface area contributed by atoms with E-state index in [1.54, 1.807) is 11.8 Å². The van der Waals surface area contributed by atoms with Gasteiger partial charge in [-0.25, -0.2) is 9.78 Å². The van der Waals surface area contributed by atoms with Gasteiger partial charge in [0.2, 0.25) is 0 Å². The molecule has 15 heavy (non-hydrogen) atoms. The zero-order valence-electron chi connectivity index (χ0n) is 8.69. The zero-order valence-corrected chi connectivity index (χ0v) is 10.3. The Kier molecular flexibility index (Phi) is 4.90. The lowest BCUT2D eigenvalue weighted by molar-refractivity contribution is 0.0702. The summed E-state index contributed by atoms with van der Waals surface area (Å²) in [7, 11) is 0. The van der Waals surface area contributed by atoms with Crippen molar-refractivity contribution in [3.8, 4) is 0 Å². The van der Waals surface area contributed by atoms with Crippen LogP contribution >= 0.6 is 23.1 Å². The smallest absolute Gasteiger partial charge is 0.347 e. The van der Waals surface area contributed by atoms with Crippen LogP contribution in [0.1, 0.15) is 23.0 Å². The monoisotopic (exact) mass is 246 g/mol. The third-order valence-electron chi connectivity index (χ3n) is 1.84. The number of anilines is 1. The van der Waals surface area contributed by atoms with Crippen LogP contribution in [0.3, 0.4) is 0 Å². The highest BCUT2D eigenvalue weighted by molar-refractivity contribution is 7.98. The van der Waals surface area contributed by atoms with Crippen molar-refractivity contribution in [1.82, 2.24) is 4.98 Å². The van der Waals surface area contributed by atoms with Crippen LogP contribution in [-0.2, 0) is 0 Å². The fraction of sp³-hybridized carbons (Fsp3) is 0.556. The van der Waals surface area contributed by atoms with Crippen LogP contribution in [0.5, 0.6) is 0 Å². The SMILES string of the molecule is CSCCC(C)Nc1ncc(C(=O)O)s1. The van der Waals surface area contributed by atoms with Gasteiger partial charge >= 0.3 is 5.97 Å². The number of aromatic carboxylic acids is 1. The molecular formula is C9H14N2O2S2. The van der Waals surface area contributed by atoms with E-state index in [9.17, 15) is 4.79 Å². The molecule has 0 aromatic carbocycles. The topological polar surface area (TPSA) is 62.2 Å². The number of hydrogen-bond donors (Lipinski definition) is 2. The summed E-state index contributed by atoms with van der Waals surface area (Å²) >= 11 is 2.97. The Labute approximate surface area is 97.1 Å². The van der Waals surface area contributed by atoms with Crippen LogP contribution in [0.15, 0.2) is 6.20 Å². The first-order valence-electron chi connectivity index (χ1n) is 4.58. The Bertz CT molecular complexity index is 328. The summed E-state index contributed by atoms with van der Waals surface area (Å²) in [5.74, 6) is 0.169. The largest absolute Gasteiger partial charge is 0.477 e. The van der Waals surface area contributed by atoms with E-state index in [4.69, 9.17) is 5.11 Å². The minimum absolute atomic E-state index is 0.273. The van der Waals surface area contributed by atoms with Gasteiger partial charge in [-0.3, -0.25) is 0 Å². The van der Waals surface area contributed by atoms with E-state index >= 15 is 0 Å². The van der Waals surface area contributed by atoms with Crippen LogP contribution in [-0.4, -0.2) is 34.1 Å². The molecule has 0 fully saturated rings. The van der Waals surface area contributed by atoms with Crippen molar-refractivity contribution < 1.29 is 9.90 Å². The standard InChI is InChI=1S/C9H14N2O2S2/c1-6(3-4-14-2)11-9-10-5-7(15-9)8(12)13/h5-6H,3-4H2,1-2H3,(H,10,11)(H,12,13). The molecule has 0 aliphatic heterocycles. The molecule has 2 N–H and O–H groups in total. The minimum Gasteiger partial charge on any atom is -0.477 e. The normalized spacial score (nSPS) is 12.4. The number of carboxylic acids is 1. The molecule has 0 radical (unpaired) electrons. The van der Waals surface area contributed by atoms with Gasteiger partial charge in [0.25, 0.3) is 0 Å². The number of thioether (sulfide) groups is 1. The summed E-state index contributed by atoms with van der Waals surface area (Å²) in [6, 6.07) is 0.324. The average Bonchev–Trinajstić information content (AvgIpc) is 2.63. The summed E-state index contributed by atoms with van der Waals surface area (Å²) < 4.78 is 0. The summed E-state index contributed by atoms with van der Waals surface area (Å²) in [5.41, 5.74) is 0. The Morgan fingerprint density at radius 1 is 1.80 bits per heavy atom. The van der Waals surface area contributed by atoms with Crippen molar-refractivity contribution in [3.63, 3.8) is 0 Å². The van der Waals surface area contributed by atoms with Gasteiger partial charge in [-0.05, 0) is 25.4 Å². The first kappa shape index (κ1) is 12.3. The third-order valence-corrected chi connectivity index (χ3v) is 3.40. The predicted molar refractivity (Wildman–Crippen MR) is 65.2 cm³/mol. The van der Waals surface area contributed by atoms with Crippen molar-refractivity contribution in [2.24, 2.45) is 0 Å². The fourth-order valence-electron chi connectivity index (χ4n) is 1.02. The van der Waals surface area contributed by atoms with Crippen molar-refractivity contribution in [3.05, 3.63) is 11.1 Å². The second kappa shape index (κ2) is 5.97. The Morgan fingerprint density at radius 2 is 2.53 bits per heavy atom. The molecule has 84 valence electrons. The van der Waals surface area contributed by atoms with Crippen molar-refractivity contribution in [1.29, 1.82) is 0 Å². The van der Waals surface area contributed by atoms with Gasteiger partial charge < -0.3 is 10.4 Å². The zero-order chi connectivity index (χ0) is 11.3. The maximum atomic E-state index is 10.6. The van der Waals surface area contributed by atoms with Crippen LogP contribution < -0.4 is 5.32 Å². The molecule has 1 heterocycles. The number of carbonyl (C=O) groups is 1. The summed E-state index contributed by atoms with van der Waals surface area (Å²) in [4.78, 5) is 14.9.